The molecular formula is C22H15NO2S. The molecule has 0 saturated carbocycles. The first kappa shape index (κ1) is 16.4. The zero-order valence-electron chi connectivity index (χ0n) is 14.1. The molecule has 0 unspecified atom stereocenters. The van der Waals surface area contributed by atoms with Crippen molar-refractivity contribution < 1.29 is 9.59 Å². The summed E-state index contributed by atoms with van der Waals surface area (Å²) in [6.45, 7) is 1.99. The highest BCUT2D eigenvalue weighted by Crippen LogP contribution is 2.23. The summed E-state index contributed by atoms with van der Waals surface area (Å²) in [4.78, 5) is 30.6. The summed E-state index contributed by atoms with van der Waals surface area (Å²) < 4.78 is 0. The van der Waals surface area contributed by atoms with E-state index in [1.54, 1.807) is 29.6 Å². The number of thiophene rings is 1. The molecule has 4 aromatic rings. The number of rotatable bonds is 4. The first-order valence-electron chi connectivity index (χ1n) is 8.21. The van der Waals surface area contributed by atoms with Gasteiger partial charge in [0, 0.05) is 21.9 Å². The second-order valence-corrected chi connectivity index (χ2v) is 6.90. The molecule has 126 valence electrons. The Kier molecular flexibility index (Phi) is 4.19. The first-order valence-corrected chi connectivity index (χ1v) is 9.16. The van der Waals surface area contributed by atoms with Crippen LogP contribution in [0, 0.1) is 6.92 Å². The van der Waals surface area contributed by atoms with Crippen LogP contribution in [0.1, 0.15) is 37.5 Å². The van der Waals surface area contributed by atoms with E-state index in [2.05, 4.69) is 4.98 Å². The Morgan fingerprint density at radius 3 is 2.42 bits per heavy atom. The van der Waals surface area contributed by atoms with E-state index >= 15 is 0 Å². The monoisotopic (exact) mass is 357 g/mol. The minimum absolute atomic E-state index is 0.194. The molecule has 3 nitrogen and oxygen atoms in total. The van der Waals surface area contributed by atoms with Gasteiger partial charge in [0.1, 0.15) is 5.69 Å². The van der Waals surface area contributed by atoms with Crippen LogP contribution >= 0.6 is 11.3 Å². The maximum Gasteiger partial charge on any atom is 0.212 e. The van der Waals surface area contributed by atoms with Gasteiger partial charge in [0.25, 0.3) is 0 Å². The average molecular weight is 357 g/mol. The molecule has 0 aliphatic rings. The molecule has 4 rings (SSSR count). The Hall–Kier alpha value is -3.11. The van der Waals surface area contributed by atoms with E-state index < -0.39 is 0 Å². The molecule has 0 bridgehead atoms. The van der Waals surface area contributed by atoms with Gasteiger partial charge in [-0.1, -0.05) is 42.0 Å². The third kappa shape index (κ3) is 2.95. The van der Waals surface area contributed by atoms with Crippen molar-refractivity contribution in [2.75, 3.05) is 0 Å². The predicted molar refractivity (Wildman–Crippen MR) is 104 cm³/mol. The normalized spacial score (nSPS) is 10.8. The van der Waals surface area contributed by atoms with Crippen LogP contribution in [0.2, 0.25) is 0 Å². The van der Waals surface area contributed by atoms with Crippen molar-refractivity contribution in [2.24, 2.45) is 0 Å². The molecule has 0 radical (unpaired) electrons. The van der Waals surface area contributed by atoms with E-state index in [4.69, 9.17) is 0 Å². The predicted octanol–water partition coefficient (Wildman–Crippen LogP) is 5.07. The topological polar surface area (TPSA) is 47.0 Å². The van der Waals surface area contributed by atoms with Crippen molar-refractivity contribution in [3.8, 4) is 0 Å². The Labute approximate surface area is 155 Å². The minimum Gasteiger partial charge on any atom is -0.289 e. The van der Waals surface area contributed by atoms with Gasteiger partial charge in [-0.2, -0.15) is 11.3 Å². The van der Waals surface area contributed by atoms with E-state index in [1.165, 1.54) is 11.3 Å². The zero-order chi connectivity index (χ0) is 18.1. The highest BCUT2D eigenvalue weighted by atomic mass is 32.1. The fraction of sp³-hybridized carbons (Fsp3) is 0.0455. The Morgan fingerprint density at radius 1 is 0.885 bits per heavy atom. The summed E-state index contributed by atoms with van der Waals surface area (Å²) in [5.41, 5.74) is 3.42. The van der Waals surface area contributed by atoms with Gasteiger partial charge in [-0.05, 0) is 36.6 Å². The molecule has 0 fully saturated rings. The number of benzene rings is 2. The Bertz CT molecular complexity index is 1120. The van der Waals surface area contributed by atoms with E-state index in [-0.39, 0.29) is 17.3 Å². The van der Waals surface area contributed by atoms with Gasteiger partial charge in [0.05, 0.1) is 11.1 Å². The summed E-state index contributed by atoms with van der Waals surface area (Å²) in [6.07, 6.45) is 0. The standard InChI is InChI=1S/C22H15NO2S/c1-14-7-8-19-17(11-14)12-18(21(24)15-5-3-2-4-6-15)20(23-19)22(25)16-9-10-26-13-16/h2-13H,1H3. The van der Waals surface area contributed by atoms with Crippen molar-refractivity contribution in [1.82, 2.24) is 4.98 Å². The smallest absolute Gasteiger partial charge is 0.212 e. The van der Waals surface area contributed by atoms with Gasteiger partial charge in [0.2, 0.25) is 5.78 Å². The highest BCUT2D eigenvalue weighted by molar-refractivity contribution is 7.08. The fourth-order valence-electron chi connectivity index (χ4n) is 2.92. The molecule has 0 N–H and O–H groups in total. The molecule has 2 heterocycles. The lowest BCUT2D eigenvalue weighted by molar-refractivity contribution is 0.1000. The van der Waals surface area contributed by atoms with Crippen LogP contribution in [0.25, 0.3) is 10.9 Å². The minimum atomic E-state index is -0.229. The molecule has 2 aromatic heterocycles. The third-order valence-electron chi connectivity index (χ3n) is 4.25. The summed E-state index contributed by atoms with van der Waals surface area (Å²) >= 11 is 1.45. The molecule has 0 spiro atoms. The van der Waals surface area contributed by atoms with E-state index in [0.29, 0.717) is 22.2 Å². The molecule has 4 heteroatoms. The van der Waals surface area contributed by atoms with Crippen LogP contribution in [0.5, 0.6) is 0 Å². The number of fused-ring (bicyclic) bond motifs is 1. The molecule has 0 amide bonds. The number of aromatic nitrogens is 1. The van der Waals surface area contributed by atoms with E-state index in [1.807, 2.05) is 48.7 Å². The summed E-state index contributed by atoms with van der Waals surface area (Å²) in [6, 6.07) is 18.3. The van der Waals surface area contributed by atoms with Crippen LogP contribution in [-0.2, 0) is 0 Å². The lowest BCUT2D eigenvalue weighted by Gasteiger charge is -2.10. The quantitative estimate of drug-likeness (QED) is 0.479. The molecular weight excluding hydrogens is 342 g/mol. The van der Waals surface area contributed by atoms with Crippen LogP contribution in [-0.4, -0.2) is 16.6 Å². The van der Waals surface area contributed by atoms with Crippen molar-refractivity contribution in [3.05, 3.63) is 99.4 Å². The number of aryl methyl sites for hydroxylation is 1. The van der Waals surface area contributed by atoms with Crippen molar-refractivity contribution in [2.45, 2.75) is 6.92 Å². The van der Waals surface area contributed by atoms with Gasteiger partial charge < -0.3 is 0 Å². The van der Waals surface area contributed by atoms with Crippen LogP contribution in [0.4, 0.5) is 0 Å². The van der Waals surface area contributed by atoms with Gasteiger partial charge >= 0.3 is 0 Å². The molecule has 0 aliphatic heterocycles. The largest absolute Gasteiger partial charge is 0.289 e. The van der Waals surface area contributed by atoms with Crippen LogP contribution in [0.3, 0.4) is 0 Å². The summed E-state index contributed by atoms with van der Waals surface area (Å²) in [5, 5.41) is 4.47. The number of pyridine rings is 1. The fourth-order valence-corrected chi connectivity index (χ4v) is 3.55. The number of nitrogens with zero attached hydrogens (tertiary/aromatic N) is 1. The lowest BCUT2D eigenvalue weighted by Crippen LogP contribution is -2.13. The van der Waals surface area contributed by atoms with E-state index in [9.17, 15) is 9.59 Å². The second kappa shape index (κ2) is 6.65. The van der Waals surface area contributed by atoms with Gasteiger partial charge in [-0.15, -0.1) is 0 Å². The van der Waals surface area contributed by atoms with Crippen LogP contribution < -0.4 is 0 Å². The van der Waals surface area contributed by atoms with Gasteiger partial charge in [-0.3, -0.25) is 9.59 Å². The molecule has 2 aromatic carbocycles. The second-order valence-electron chi connectivity index (χ2n) is 6.12. The number of hydrogen-bond acceptors (Lipinski definition) is 4. The number of carbonyl (C=O) groups excluding carboxylic acids is 2. The number of hydrogen-bond donors (Lipinski definition) is 0. The highest BCUT2D eigenvalue weighted by Gasteiger charge is 2.22. The molecule has 26 heavy (non-hydrogen) atoms. The SMILES string of the molecule is Cc1ccc2nc(C(=O)c3ccsc3)c(C(=O)c3ccccc3)cc2c1. The number of carbonyl (C=O) groups is 2. The van der Waals surface area contributed by atoms with Gasteiger partial charge in [0.15, 0.2) is 5.78 Å². The number of ketones is 2. The lowest BCUT2D eigenvalue weighted by atomic mass is 9.96. The van der Waals surface area contributed by atoms with Crippen molar-refractivity contribution >= 4 is 33.8 Å². The summed E-state index contributed by atoms with van der Waals surface area (Å²) in [5.74, 6) is -0.423. The molecule has 0 saturated heterocycles. The molecule has 0 aliphatic carbocycles. The van der Waals surface area contributed by atoms with Crippen LogP contribution in [0.15, 0.2) is 71.4 Å². The van der Waals surface area contributed by atoms with Gasteiger partial charge in [-0.25, -0.2) is 4.98 Å². The maximum atomic E-state index is 13.1. The maximum absolute atomic E-state index is 13.1. The zero-order valence-corrected chi connectivity index (χ0v) is 14.9. The van der Waals surface area contributed by atoms with Crippen molar-refractivity contribution in [1.29, 1.82) is 0 Å². The Balaban J connectivity index is 1.94. The molecule has 0 atom stereocenters. The Morgan fingerprint density at radius 2 is 1.69 bits per heavy atom. The third-order valence-corrected chi connectivity index (χ3v) is 4.93. The van der Waals surface area contributed by atoms with E-state index in [0.717, 1.165) is 10.9 Å². The first-order chi connectivity index (χ1) is 12.6. The average Bonchev–Trinajstić information content (AvgIpc) is 3.21. The van der Waals surface area contributed by atoms with Crippen molar-refractivity contribution in [3.63, 3.8) is 0 Å². The summed E-state index contributed by atoms with van der Waals surface area (Å²) in [7, 11) is 0.